The topological polar surface area (TPSA) is 55.1 Å². The van der Waals surface area contributed by atoms with Gasteiger partial charge in [-0.25, -0.2) is 0 Å². The fourth-order valence-electron chi connectivity index (χ4n) is 1.59. The highest BCUT2D eigenvalue weighted by molar-refractivity contribution is 7.99. The first-order valence-electron chi connectivity index (χ1n) is 5.91. The molecular formula is C13H19ClN2OS. The lowest BCUT2D eigenvalue weighted by Gasteiger charge is -2.26. The van der Waals surface area contributed by atoms with Gasteiger partial charge in [0.15, 0.2) is 0 Å². The molecule has 100 valence electrons. The minimum atomic E-state index is -0.631. The fourth-order valence-corrected chi connectivity index (χ4v) is 2.79. The lowest BCUT2D eigenvalue weighted by atomic mass is 9.98. The van der Waals surface area contributed by atoms with E-state index in [9.17, 15) is 4.79 Å². The Hall–Kier alpha value is -0.710. The van der Waals surface area contributed by atoms with Crippen LogP contribution in [0.3, 0.4) is 0 Å². The number of hydrogen-bond acceptors (Lipinski definition) is 3. The Kier molecular flexibility index (Phi) is 5.99. The smallest absolute Gasteiger partial charge is 0.237 e. The standard InChI is InChI=1S/C13H19ClN2OS/c1-3-16-13(2,12(15)17)8-9-18-11-6-4-10(14)5-7-11/h4-7,16H,3,8-9H2,1-2H3,(H2,15,17). The molecule has 1 rings (SSSR count). The molecule has 1 aromatic rings. The number of nitrogens with two attached hydrogens (primary N) is 1. The maximum Gasteiger partial charge on any atom is 0.237 e. The summed E-state index contributed by atoms with van der Waals surface area (Å²) in [5, 5.41) is 3.88. The summed E-state index contributed by atoms with van der Waals surface area (Å²) in [6.07, 6.45) is 0.698. The number of hydrogen-bond donors (Lipinski definition) is 2. The van der Waals surface area contributed by atoms with Crippen LogP contribution >= 0.6 is 23.4 Å². The lowest BCUT2D eigenvalue weighted by molar-refractivity contribution is -0.123. The maximum absolute atomic E-state index is 11.4. The average Bonchev–Trinajstić information content (AvgIpc) is 2.32. The molecule has 18 heavy (non-hydrogen) atoms. The van der Waals surface area contributed by atoms with Crippen molar-refractivity contribution < 1.29 is 4.79 Å². The van der Waals surface area contributed by atoms with Gasteiger partial charge in [0.1, 0.15) is 0 Å². The van der Waals surface area contributed by atoms with Crippen molar-refractivity contribution in [2.45, 2.75) is 30.7 Å². The van der Waals surface area contributed by atoms with Crippen LogP contribution in [0.2, 0.25) is 5.02 Å². The molecule has 0 heterocycles. The third-order valence-corrected chi connectivity index (χ3v) is 4.06. The average molecular weight is 287 g/mol. The number of carbonyl (C=O) groups excluding carboxylic acids is 1. The highest BCUT2D eigenvalue weighted by atomic mass is 35.5. The molecule has 0 aliphatic rings. The first kappa shape index (κ1) is 15.3. The van der Waals surface area contributed by atoms with E-state index in [2.05, 4.69) is 5.32 Å². The summed E-state index contributed by atoms with van der Waals surface area (Å²) in [6.45, 7) is 4.54. The monoisotopic (exact) mass is 286 g/mol. The summed E-state index contributed by atoms with van der Waals surface area (Å²) in [7, 11) is 0. The van der Waals surface area contributed by atoms with Gasteiger partial charge in [-0.05, 0) is 44.2 Å². The normalized spacial score (nSPS) is 14.2. The van der Waals surface area contributed by atoms with E-state index in [4.69, 9.17) is 17.3 Å². The third kappa shape index (κ3) is 4.52. The molecule has 0 saturated carbocycles. The van der Waals surface area contributed by atoms with Crippen LogP contribution in [0.5, 0.6) is 0 Å². The molecule has 1 unspecified atom stereocenters. The molecule has 1 amide bonds. The molecule has 0 spiro atoms. The summed E-state index contributed by atoms with van der Waals surface area (Å²) in [6, 6.07) is 7.67. The Balaban J connectivity index is 2.48. The van der Waals surface area contributed by atoms with Crippen LogP contribution in [0, 0.1) is 0 Å². The van der Waals surface area contributed by atoms with E-state index in [1.54, 1.807) is 11.8 Å². The van der Waals surface area contributed by atoms with E-state index in [0.29, 0.717) is 6.42 Å². The van der Waals surface area contributed by atoms with Gasteiger partial charge in [-0.2, -0.15) is 0 Å². The molecule has 0 aromatic heterocycles. The number of rotatable bonds is 7. The molecule has 3 N–H and O–H groups in total. The molecule has 0 radical (unpaired) electrons. The molecule has 0 saturated heterocycles. The van der Waals surface area contributed by atoms with Crippen molar-refractivity contribution in [1.29, 1.82) is 0 Å². The van der Waals surface area contributed by atoms with Gasteiger partial charge in [-0.3, -0.25) is 4.79 Å². The highest BCUT2D eigenvalue weighted by Gasteiger charge is 2.29. The van der Waals surface area contributed by atoms with Crippen LogP contribution in [0.15, 0.2) is 29.2 Å². The number of carbonyl (C=O) groups is 1. The highest BCUT2D eigenvalue weighted by Crippen LogP contribution is 2.23. The second-order valence-electron chi connectivity index (χ2n) is 4.28. The van der Waals surface area contributed by atoms with Crippen molar-refractivity contribution in [3.8, 4) is 0 Å². The summed E-state index contributed by atoms with van der Waals surface area (Å²) in [5.41, 5.74) is 4.80. The molecule has 0 fully saturated rings. The van der Waals surface area contributed by atoms with Crippen molar-refractivity contribution in [2.24, 2.45) is 5.73 Å². The van der Waals surface area contributed by atoms with E-state index < -0.39 is 5.54 Å². The van der Waals surface area contributed by atoms with Gasteiger partial charge >= 0.3 is 0 Å². The number of primary amides is 1. The molecule has 1 aromatic carbocycles. The number of amides is 1. The summed E-state index contributed by atoms with van der Waals surface area (Å²) < 4.78 is 0. The number of benzene rings is 1. The van der Waals surface area contributed by atoms with Gasteiger partial charge in [0.05, 0.1) is 5.54 Å². The van der Waals surface area contributed by atoms with Crippen LogP contribution in [-0.4, -0.2) is 23.7 Å². The number of nitrogens with one attached hydrogen (secondary N) is 1. The minimum absolute atomic E-state index is 0.305. The van der Waals surface area contributed by atoms with Gasteiger partial charge < -0.3 is 11.1 Å². The molecule has 0 aliphatic heterocycles. The molecule has 0 bridgehead atoms. The molecule has 3 nitrogen and oxygen atoms in total. The van der Waals surface area contributed by atoms with Crippen molar-refractivity contribution in [3.63, 3.8) is 0 Å². The van der Waals surface area contributed by atoms with Crippen LogP contribution in [0.4, 0.5) is 0 Å². The van der Waals surface area contributed by atoms with Crippen LogP contribution < -0.4 is 11.1 Å². The second-order valence-corrected chi connectivity index (χ2v) is 5.88. The van der Waals surface area contributed by atoms with Crippen molar-refractivity contribution in [1.82, 2.24) is 5.32 Å². The minimum Gasteiger partial charge on any atom is -0.368 e. The van der Waals surface area contributed by atoms with E-state index in [1.807, 2.05) is 38.1 Å². The maximum atomic E-state index is 11.4. The Bertz CT molecular complexity index is 396. The zero-order valence-electron chi connectivity index (χ0n) is 10.7. The van der Waals surface area contributed by atoms with Gasteiger partial charge in [0, 0.05) is 15.7 Å². The summed E-state index contributed by atoms with van der Waals surface area (Å²) in [5.74, 6) is 0.523. The van der Waals surface area contributed by atoms with Crippen molar-refractivity contribution in [3.05, 3.63) is 29.3 Å². The third-order valence-electron chi connectivity index (χ3n) is 2.80. The van der Waals surface area contributed by atoms with Gasteiger partial charge in [0.25, 0.3) is 0 Å². The first-order valence-corrected chi connectivity index (χ1v) is 7.27. The van der Waals surface area contributed by atoms with Gasteiger partial charge in [0.2, 0.25) is 5.91 Å². The van der Waals surface area contributed by atoms with Crippen molar-refractivity contribution in [2.75, 3.05) is 12.3 Å². The largest absolute Gasteiger partial charge is 0.368 e. The van der Waals surface area contributed by atoms with Crippen LogP contribution in [-0.2, 0) is 4.79 Å². The number of likely N-dealkylation sites (N-methyl/N-ethyl adjacent to an activating group) is 1. The Morgan fingerprint density at radius 1 is 1.44 bits per heavy atom. The summed E-state index contributed by atoms with van der Waals surface area (Å²) >= 11 is 7.51. The predicted octanol–water partition coefficient (Wildman–Crippen LogP) is 2.68. The number of thioether (sulfide) groups is 1. The van der Waals surface area contributed by atoms with Crippen molar-refractivity contribution >= 4 is 29.3 Å². The zero-order valence-corrected chi connectivity index (χ0v) is 12.3. The Morgan fingerprint density at radius 3 is 2.56 bits per heavy atom. The van der Waals surface area contributed by atoms with E-state index >= 15 is 0 Å². The van der Waals surface area contributed by atoms with Gasteiger partial charge in [-0.15, -0.1) is 11.8 Å². The lowest BCUT2D eigenvalue weighted by Crippen LogP contribution is -2.53. The Labute approximate surface area is 117 Å². The fraction of sp³-hybridized carbons (Fsp3) is 0.462. The molecule has 1 atom stereocenters. The Morgan fingerprint density at radius 2 is 2.06 bits per heavy atom. The first-order chi connectivity index (χ1) is 8.48. The summed E-state index contributed by atoms with van der Waals surface area (Å²) in [4.78, 5) is 12.6. The SMILES string of the molecule is CCNC(C)(CCSc1ccc(Cl)cc1)C(N)=O. The predicted molar refractivity (Wildman–Crippen MR) is 78.1 cm³/mol. The molecular weight excluding hydrogens is 268 g/mol. The van der Waals surface area contributed by atoms with Crippen LogP contribution in [0.25, 0.3) is 0 Å². The van der Waals surface area contributed by atoms with Crippen LogP contribution in [0.1, 0.15) is 20.3 Å². The quantitative estimate of drug-likeness (QED) is 0.758. The van der Waals surface area contributed by atoms with E-state index in [1.165, 1.54) is 0 Å². The molecule has 5 heteroatoms. The van der Waals surface area contributed by atoms with E-state index in [0.717, 1.165) is 22.2 Å². The van der Waals surface area contributed by atoms with Gasteiger partial charge in [-0.1, -0.05) is 18.5 Å². The molecule has 0 aliphatic carbocycles. The zero-order chi connectivity index (χ0) is 13.6. The number of halogens is 1. The second kappa shape index (κ2) is 7.02. The van der Waals surface area contributed by atoms with E-state index in [-0.39, 0.29) is 5.91 Å².